The molecule has 0 spiro atoms. The zero-order valence-electron chi connectivity index (χ0n) is 14.2. The van der Waals surface area contributed by atoms with Crippen LogP contribution in [0.1, 0.15) is 33.1 Å². The summed E-state index contributed by atoms with van der Waals surface area (Å²) in [5.41, 5.74) is 0.913. The van der Waals surface area contributed by atoms with E-state index in [4.69, 9.17) is 0 Å². The van der Waals surface area contributed by atoms with Crippen LogP contribution in [-0.2, 0) is 4.79 Å². The number of piperidine rings is 1. The van der Waals surface area contributed by atoms with Crippen LogP contribution in [-0.4, -0.2) is 35.2 Å². The first kappa shape index (κ1) is 16.9. The number of anilines is 1. The molecule has 2 aromatic heterocycles. The summed E-state index contributed by atoms with van der Waals surface area (Å²) in [4.78, 5) is 15.6. The molecule has 1 N–H and O–H groups in total. The summed E-state index contributed by atoms with van der Waals surface area (Å²) >= 11 is 1.67. The molecule has 0 aromatic carbocycles. The van der Waals surface area contributed by atoms with E-state index in [0.29, 0.717) is 0 Å². The van der Waals surface area contributed by atoms with Gasteiger partial charge in [-0.05, 0) is 49.8 Å². The number of nitrogens with one attached hydrogen (secondary N) is 1. The first-order chi connectivity index (χ1) is 11.7. The van der Waals surface area contributed by atoms with Crippen LogP contribution in [0, 0.1) is 5.92 Å². The Bertz CT molecular complexity index is 648. The second-order valence-electron chi connectivity index (χ2n) is 6.33. The van der Waals surface area contributed by atoms with Crippen molar-refractivity contribution in [2.45, 2.75) is 39.2 Å². The molecule has 1 saturated heterocycles. The number of rotatable bonds is 5. The molecule has 2 aromatic rings. The molecule has 1 aliphatic rings. The Morgan fingerprint density at radius 2 is 2.12 bits per heavy atom. The van der Waals surface area contributed by atoms with E-state index in [1.807, 2.05) is 23.6 Å². The lowest BCUT2D eigenvalue weighted by Crippen LogP contribution is -2.43. The van der Waals surface area contributed by atoms with Gasteiger partial charge < -0.3 is 10.2 Å². The SMILES string of the molecule is CC[C@@H](C)NC(=O)C1CCN(c2ccc(-c3cccs3)nn2)CC1. The lowest BCUT2D eigenvalue weighted by atomic mass is 9.95. The number of hydrogen-bond donors (Lipinski definition) is 1. The van der Waals surface area contributed by atoms with E-state index in [1.165, 1.54) is 0 Å². The molecule has 0 aliphatic carbocycles. The minimum Gasteiger partial charge on any atom is -0.355 e. The molecule has 3 heterocycles. The molecule has 1 amide bonds. The summed E-state index contributed by atoms with van der Waals surface area (Å²) in [5, 5.41) is 13.8. The maximum absolute atomic E-state index is 12.2. The maximum Gasteiger partial charge on any atom is 0.223 e. The second-order valence-corrected chi connectivity index (χ2v) is 7.28. The highest BCUT2D eigenvalue weighted by molar-refractivity contribution is 7.13. The van der Waals surface area contributed by atoms with E-state index in [0.717, 1.165) is 48.7 Å². The van der Waals surface area contributed by atoms with Gasteiger partial charge in [0.15, 0.2) is 5.82 Å². The van der Waals surface area contributed by atoms with E-state index in [-0.39, 0.29) is 17.9 Å². The third-order valence-electron chi connectivity index (χ3n) is 4.61. The number of carbonyl (C=O) groups excluding carboxylic acids is 1. The molecule has 0 unspecified atom stereocenters. The van der Waals surface area contributed by atoms with Crippen molar-refractivity contribution in [2.24, 2.45) is 5.92 Å². The van der Waals surface area contributed by atoms with Gasteiger partial charge in [0, 0.05) is 25.0 Å². The van der Waals surface area contributed by atoms with Gasteiger partial charge in [0.05, 0.1) is 4.88 Å². The highest BCUT2D eigenvalue weighted by Crippen LogP contribution is 2.25. The molecule has 1 fully saturated rings. The second kappa shape index (κ2) is 7.75. The molecule has 0 saturated carbocycles. The van der Waals surface area contributed by atoms with Crippen molar-refractivity contribution in [1.29, 1.82) is 0 Å². The smallest absolute Gasteiger partial charge is 0.223 e. The summed E-state index contributed by atoms with van der Waals surface area (Å²) in [5.74, 6) is 1.22. The van der Waals surface area contributed by atoms with Gasteiger partial charge in [-0.1, -0.05) is 13.0 Å². The molecule has 1 atom stereocenters. The lowest BCUT2D eigenvalue weighted by Gasteiger charge is -2.32. The van der Waals surface area contributed by atoms with Gasteiger partial charge in [-0.3, -0.25) is 4.79 Å². The number of hydrogen-bond acceptors (Lipinski definition) is 5. The first-order valence-electron chi connectivity index (χ1n) is 8.60. The number of nitrogens with zero attached hydrogens (tertiary/aromatic N) is 3. The van der Waals surface area contributed by atoms with E-state index in [2.05, 4.69) is 40.3 Å². The van der Waals surface area contributed by atoms with Crippen LogP contribution in [0.3, 0.4) is 0 Å². The highest BCUT2D eigenvalue weighted by Gasteiger charge is 2.26. The average Bonchev–Trinajstić information content (AvgIpc) is 3.16. The van der Waals surface area contributed by atoms with Crippen molar-refractivity contribution in [3.05, 3.63) is 29.6 Å². The summed E-state index contributed by atoms with van der Waals surface area (Å²) in [6, 6.07) is 8.38. The summed E-state index contributed by atoms with van der Waals surface area (Å²) in [6.07, 6.45) is 2.71. The monoisotopic (exact) mass is 344 g/mol. The van der Waals surface area contributed by atoms with E-state index in [9.17, 15) is 4.79 Å². The Morgan fingerprint density at radius 1 is 1.33 bits per heavy atom. The molecule has 128 valence electrons. The van der Waals surface area contributed by atoms with Gasteiger partial charge in [0.25, 0.3) is 0 Å². The zero-order chi connectivity index (χ0) is 16.9. The molecule has 5 nitrogen and oxygen atoms in total. The molecule has 3 rings (SSSR count). The van der Waals surface area contributed by atoms with Crippen LogP contribution in [0.4, 0.5) is 5.82 Å². The molecule has 0 radical (unpaired) electrons. The number of aromatic nitrogens is 2. The summed E-state index contributed by atoms with van der Waals surface area (Å²) in [7, 11) is 0. The number of carbonyl (C=O) groups is 1. The van der Waals surface area contributed by atoms with Crippen LogP contribution < -0.4 is 10.2 Å². The van der Waals surface area contributed by atoms with Crippen molar-refractivity contribution in [3.63, 3.8) is 0 Å². The topological polar surface area (TPSA) is 58.1 Å². The molecular weight excluding hydrogens is 320 g/mol. The normalized spacial score (nSPS) is 16.8. The maximum atomic E-state index is 12.2. The largest absolute Gasteiger partial charge is 0.355 e. The Balaban J connectivity index is 1.56. The predicted octanol–water partition coefficient (Wildman–Crippen LogP) is 3.34. The first-order valence-corrected chi connectivity index (χ1v) is 9.48. The fourth-order valence-electron chi connectivity index (χ4n) is 2.88. The van der Waals surface area contributed by atoms with Crippen molar-refractivity contribution < 1.29 is 4.79 Å². The Labute approximate surface area is 147 Å². The van der Waals surface area contributed by atoms with Crippen LogP contribution in [0.15, 0.2) is 29.6 Å². The third-order valence-corrected chi connectivity index (χ3v) is 5.51. The van der Waals surface area contributed by atoms with Gasteiger partial charge in [-0.25, -0.2) is 0 Å². The van der Waals surface area contributed by atoms with Crippen LogP contribution in [0.5, 0.6) is 0 Å². The summed E-state index contributed by atoms with van der Waals surface area (Å²) < 4.78 is 0. The van der Waals surface area contributed by atoms with Gasteiger partial charge in [-0.15, -0.1) is 21.5 Å². The Morgan fingerprint density at radius 3 is 2.71 bits per heavy atom. The molecular formula is C18H24N4OS. The Hall–Kier alpha value is -1.95. The van der Waals surface area contributed by atoms with Gasteiger partial charge in [0.2, 0.25) is 5.91 Å². The minimum atomic E-state index is 0.119. The lowest BCUT2D eigenvalue weighted by molar-refractivity contribution is -0.126. The Kier molecular flexibility index (Phi) is 5.45. The minimum absolute atomic E-state index is 0.119. The van der Waals surface area contributed by atoms with Crippen molar-refractivity contribution in [3.8, 4) is 10.6 Å². The third kappa shape index (κ3) is 3.93. The molecule has 6 heteroatoms. The quantitative estimate of drug-likeness (QED) is 0.904. The van der Waals surface area contributed by atoms with Crippen molar-refractivity contribution in [1.82, 2.24) is 15.5 Å². The zero-order valence-corrected chi connectivity index (χ0v) is 15.1. The highest BCUT2D eigenvalue weighted by atomic mass is 32.1. The van der Waals surface area contributed by atoms with Crippen LogP contribution >= 0.6 is 11.3 Å². The van der Waals surface area contributed by atoms with Crippen LogP contribution in [0.2, 0.25) is 0 Å². The fourth-order valence-corrected chi connectivity index (χ4v) is 3.57. The van der Waals surface area contributed by atoms with Crippen LogP contribution in [0.25, 0.3) is 10.6 Å². The predicted molar refractivity (Wildman–Crippen MR) is 98.2 cm³/mol. The molecule has 1 aliphatic heterocycles. The van der Waals surface area contributed by atoms with Gasteiger partial charge in [-0.2, -0.15) is 0 Å². The summed E-state index contributed by atoms with van der Waals surface area (Å²) in [6.45, 7) is 5.85. The standard InChI is InChI=1S/C18H24N4OS/c1-3-13(2)19-18(23)14-8-10-22(11-9-14)17-7-6-15(20-21-17)16-5-4-12-24-16/h4-7,12-14H,3,8-11H2,1-2H3,(H,19,23)/t13-/m1/s1. The molecule has 24 heavy (non-hydrogen) atoms. The molecule has 0 bridgehead atoms. The van der Waals surface area contributed by atoms with Gasteiger partial charge in [0.1, 0.15) is 5.69 Å². The van der Waals surface area contributed by atoms with E-state index in [1.54, 1.807) is 11.3 Å². The number of thiophene rings is 1. The number of amides is 1. The average molecular weight is 344 g/mol. The fraction of sp³-hybridized carbons (Fsp3) is 0.500. The van der Waals surface area contributed by atoms with Gasteiger partial charge >= 0.3 is 0 Å². The van der Waals surface area contributed by atoms with E-state index >= 15 is 0 Å². The van der Waals surface area contributed by atoms with E-state index < -0.39 is 0 Å². The van der Waals surface area contributed by atoms with Crippen molar-refractivity contribution in [2.75, 3.05) is 18.0 Å². The van der Waals surface area contributed by atoms with Crippen molar-refractivity contribution >= 4 is 23.1 Å².